The smallest absolute Gasteiger partial charge is 0.224 e. The molecule has 0 bridgehead atoms. The first kappa shape index (κ1) is 23.4. The molecule has 0 radical (unpaired) electrons. The minimum atomic E-state index is -0.377. The molecular formula is C25H32N2O5. The molecule has 2 aromatic rings. The second kappa shape index (κ2) is 11.4. The Labute approximate surface area is 189 Å². The molecule has 3 rings (SSSR count). The number of hydrogen-bond acceptors (Lipinski definition) is 5. The Balaban J connectivity index is 1.57. The van der Waals surface area contributed by atoms with Crippen molar-refractivity contribution in [2.24, 2.45) is 0 Å². The first-order valence-electron chi connectivity index (χ1n) is 11.1. The number of methoxy groups -OCH3 is 1. The van der Waals surface area contributed by atoms with Crippen LogP contribution in [0.5, 0.6) is 17.2 Å². The largest absolute Gasteiger partial charge is 0.497 e. The highest BCUT2D eigenvalue weighted by atomic mass is 16.5. The molecule has 7 nitrogen and oxygen atoms in total. The number of nitrogens with zero attached hydrogens (tertiary/aromatic N) is 1. The molecule has 1 aliphatic rings. The zero-order valence-corrected chi connectivity index (χ0v) is 19.0. The summed E-state index contributed by atoms with van der Waals surface area (Å²) in [5.74, 6) is 2.07. The molecule has 2 aromatic carbocycles. The van der Waals surface area contributed by atoms with Gasteiger partial charge in [0.15, 0.2) is 11.5 Å². The number of benzene rings is 2. The molecule has 1 N–H and O–H groups in total. The second-order valence-corrected chi connectivity index (χ2v) is 7.81. The molecule has 0 saturated carbocycles. The highest BCUT2D eigenvalue weighted by Crippen LogP contribution is 2.30. The van der Waals surface area contributed by atoms with Crippen molar-refractivity contribution in [1.82, 2.24) is 10.2 Å². The summed E-state index contributed by atoms with van der Waals surface area (Å²) >= 11 is 0. The van der Waals surface area contributed by atoms with Crippen molar-refractivity contribution in [1.29, 1.82) is 0 Å². The Morgan fingerprint density at radius 2 is 1.72 bits per heavy atom. The van der Waals surface area contributed by atoms with E-state index in [1.807, 2.05) is 60.4 Å². The fourth-order valence-corrected chi connectivity index (χ4v) is 3.86. The summed E-state index contributed by atoms with van der Waals surface area (Å²) in [4.78, 5) is 26.5. The number of likely N-dealkylation sites (tertiary alicyclic amines) is 1. The third kappa shape index (κ3) is 6.39. The number of nitrogens with one attached hydrogen (secondary N) is 1. The SMILES string of the molecule is CCOc1ccccc1OC1CCN(C(=O)CC(NC(C)=O)c2ccc(OC)cc2)CC1. The number of amides is 2. The lowest BCUT2D eigenvalue weighted by Gasteiger charge is -2.33. The van der Waals surface area contributed by atoms with Gasteiger partial charge in [0.05, 0.1) is 26.2 Å². The van der Waals surface area contributed by atoms with E-state index in [1.165, 1.54) is 6.92 Å². The Bertz CT molecular complexity index is 891. The summed E-state index contributed by atoms with van der Waals surface area (Å²) in [5.41, 5.74) is 0.875. The van der Waals surface area contributed by atoms with Gasteiger partial charge in [-0.05, 0) is 36.8 Å². The topological polar surface area (TPSA) is 77.1 Å². The zero-order chi connectivity index (χ0) is 22.9. The van der Waals surface area contributed by atoms with Gasteiger partial charge in [-0.2, -0.15) is 0 Å². The van der Waals surface area contributed by atoms with Crippen molar-refractivity contribution in [3.63, 3.8) is 0 Å². The van der Waals surface area contributed by atoms with Crippen molar-refractivity contribution in [3.05, 3.63) is 54.1 Å². The zero-order valence-electron chi connectivity index (χ0n) is 19.0. The number of piperidine rings is 1. The van der Waals surface area contributed by atoms with Gasteiger partial charge >= 0.3 is 0 Å². The minimum Gasteiger partial charge on any atom is -0.497 e. The summed E-state index contributed by atoms with van der Waals surface area (Å²) in [6.07, 6.45) is 1.75. The quantitative estimate of drug-likeness (QED) is 0.643. The Morgan fingerprint density at radius 1 is 1.06 bits per heavy atom. The molecule has 1 fully saturated rings. The molecule has 1 aliphatic heterocycles. The monoisotopic (exact) mass is 440 g/mol. The normalized spacial score (nSPS) is 15.0. The predicted molar refractivity (Wildman–Crippen MR) is 122 cm³/mol. The van der Waals surface area contributed by atoms with Crippen LogP contribution in [0, 0.1) is 0 Å². The van der Waals surface area contributed by atoms with Crippen molar-refractivity contribution >= 4 is 11.8 Å². The van der Waals surface area contributed by atoms with E-state index >= 15 is 0 Å². The average molecular weight is 441 g/mol. The molecule has 1 heterocycles. The third-order valence-corrected chi connectivity index (χ3v) is 5.51. The fraction of sp³-hybridized carbons (Fsp3) is 0.440. The average Bonchev–Trinajstić information content (AvgIpc) is 2.80. The molecule has 0 aliphatic carbocycles. The van der Waals surface area contributed by atoms with Crippen LogP contribution in [0.1, 0.15) is 44.7 Å². The van der Waals surface area contributed by atoms with Gasteiger partial charge in [-0.15, -0.1) is 0 Å². The molecule has 172 valence electrons. The van der Waals surface area contributed by atoms with Crippen LogP contribution in [0.2, 0.25) is 0 Å². The van der Waals surface area contributed by atoms with E-state index < -0.39 is 0 Å². The second-order valence-electron chi connectivity index (χ2n) is 7.81. The maximum Gasteiger partial charge on any atom is 0.224 e. The maximum absolute atomic E-state index is 13.0. The van der Waals surface area contributed by atoms with Gasteiger partial charge in [-0.1, -0.05) is 24.3 Å². The lowest BCUT2D eigenvalue weighted by molar-refractivity contribution is -0.133. The fourth-order valence-electron chi connectivity index (χ4n) is 3.86. The van der Waals surface area contributed by atoms with E-state index in [1.54, 1.807) is 7.11 Å². The first-order chi connectivity index (χ1) is 15.5. The van der Waals surface area contributed by atoms with Crippen LogP contribution >= 0.6 is 0 Å². The minimum absolute atomic E-state index is 0.0211. The maximum atomic E-state index is 13.0. The number of carbonyl (C=O) groups is 2. The summed E-state index contributed by atoms with van der Waals surface area (Å²) < 4.78 is 17.0. The van der Waals surface area contributed by atoms with Gasteiger partial charge in [0.2, 0.25) is 11.8 Å². The van der Waals surface area contributed by atoms with Gasteiger partial charge in [0.25, 0.3) is 0 Å². The molecule has 7 heteroatoms. The molecule has 1 saturated heterocycles. The molecular weight excluding hydrogens is 408 g/mol. The summed E-state index contributed by atoms with van der Waals surface area (Å²) in [7, 11) is 1.60. The summed E-state index contributed by atoms with van der Waals surface area (Å²) in [6.45, 7) is 5.23. The standard InChI is InChI=1S/C25H32N2O5/c1-4-31-23-7-5-6-8-24(23)32-21-13-15-27(16-14-21)25(29)17-22(26-18(2)28)19-9-11-20(30-3)12-10-19/h5-12,21-22H,4,13-17H2,1-3H3,(H,26,28). The van der Waals surface area contributed by atoms with Crippen LogP contribution in [0.3, 0.4) is 0 Å². The van der Waals surface area contributed by atoms with Crippen LogP contribution in [0.15, 0.2) is 48.5 Å². The number of rotatable bonds is 9. The van der Waals surface area contributed by atoms with Crippen molar-refractivity contribution < 1.29 is 23.8 Å². The molecule has 32 heavy (non-hydrogen) atoms. The van der Waals surface area contributed by atoms with E-state index in [0.29, 0.717) is 19.7 Å². The van der Waals surface area contributed by atoms with E-state index in [-0.39, 0.29) is 30.4 Å². The van der Waals surface area contributed by atoms with Gasteiger partial charge in [-0.3, -0.25) is 9.59 Å². The Morgan fingerprint density at radius 3 is 2.31 bits per heavy atom. The Hall–Kier alpha value is -3.22. The summed E-state index contributed by atoms with van der Waals surface area (Å²) in [5, 5.41) is 2.90. The van der Waals surface area contributed by atoms with E-state index in [2.05, 4.69) is 5.32 Å². The highest BCUT2D eigenvalue weighted by Gasteiger charge is 2.27. The molecule has 0 spiro atoms. The number of para-hydroxylation sites is 2. The van der Waals surface area contributed by atoms with Crippen molar-refractivity contribution in [2.75, 3.05) is 26.8 Å². The van der Waals surface area contributed by atoms with Gasteiger partial charge in [0, 0.05) is 32.9 Å². The van der Waals surface area contributed by atoms with E-state index in [0.717, 1.165) is 35.7 Å². The molecule has 2 amide bonds. The van der Waals surface area contributed by atoms with Crippen LogP contribution in [0.4, 0.5) is 0 Å². The molecule has 1 atom stereocenters. The Kier molecular flexibility index (Phi) is 8.36. The van der Waals surface area contributed by atoms with Crippen LogP contribution in [0.25, 0.3) is 0 Å². The van der Waals surface area contributed by atoms with Crippen LogP contribution in [-0.2, 0) is 9.59 Å². The summed E-state index contributed by atoms with van der Waals surface area (Å²) in [6, 6.07) is 14.7. The third-order valence-electron chi connectivity index (χ3n) is 5.51. The molecule has 1 unspecified atom stereocenters. The van der Waals surface area contributed by atoms with Gasteiger partial charge in [0.1, 0.15) is 11.9 Å². The number of hydrogen-bond donors (Lipinski definition) is 1. The van der Waals surface area contributed by atoms with Crippen LogP contribution in [-0.4, -0.2) is 49.6 Å². The van der Waals surface area contributed by atoms with Gasteiger partial charge in [-0.25, -0.2) is 0 Å². The lowest BCUT2D eigenvalue weighted by Crippen LogP contribution is -2.43. The van der Waals surface area contributed by atoms with E-state index in [9.17, 15) is 9.59 Å². The van der Waals surface area contributed by atoms with Gasteiger partial charge < -0.3 is 24.4 Å². The lowest BCUT2D eigenvalue weighted by atomic mass is 10.0. The highest BCUT2D eigenvalue weighted by molar-refractivity contribution is 5.79. The molecule has 0 aromatic heterocycles. The predicted octanol–water partition coefficient (Wildman–Crippen LogP) is 3.73. The number of carbonyl (C=O) groups excluding carboxylic acids is 2. The van der Waals surface area contributed by atoms with E-state index in [4.69, 9.17) is 14.2 Å². The van der Waals surface area contributed by atoms with Crippen LogP contribution < -0.4 is 19.5 Å². The number of ether oxygens (including phenoxy) is 3. The van der Waals surface area contributed by atoms with Crippen molar-refractivity contribution in [3.8, 4) is 17.2 Å². The first-order valence-corrected chi connectivity index (χ1v) is 11.1. The van der Waals surface area contributed by atoms with Crippen molar-refractivity contribution in [2.45, 2.75) is 45.3 Å².